The highest BCUT2D eigenvalue weighted by atomic mass is 32.2. The van der Waals surface area contributed by atoms with Crippen molar-refractivity contribution in [3.05, 3.63) is 23.8 Å². The molecule has 0 spiro atoms. The second-order valence-corrected chi connectivity index (χ2v) is 3.21. The number of anilines is 1. The van der Waals surface area contributed by atoms with Crippen LogP contribution in [0.25, 0.3) is 0 Å². The summed E-state index contributed by atoms with van der Waals surface area (Å²) in [6.07, 6.45) is 3.12. The zero-order valence-corrected chi connectivity index (χ0v) is 7.74. The Morgan fingerprint density at radius 2 is 2.18 bits per heavy atom. The lowest BCUT2D eigenvalue weighted by molar-refractivity contribution is 1.09. The van der Waals surface area contributed by atoms with Gasteiger partial charge in [-0.3, -0.25) is 0 Å². The minimum Gasteiger partial charge on any atom is -0.398 e. The maximum absolute atomic E-state index is 5.79. The second-order valence-electron chi connectivity index (χ2n) is 2.39. The van der Waals surface area contributed by atoms with Crippen molar-refractivity contribution < 1.29 is 0 Å². The first-order valence-electron chi connectivity index (χ1n) is 3.71. The molecule has 0 atom stereocenters. The predicted octanol–water partition coefficient (Wildman–Crippen LogP) is 2.55. The highest BCUT2D eigenvalue weighted by Crippen LogP contribution is 2.26. The molecule has 0 radical (unpaired) electrons. The fourth-order valence-corrected chi connectivity index (χ4v) is 1.91. The minimum atomic E-state index is 0.900. The Labute approximate surface area is 72.0 Å². The van der Waals surface area contributed by atoms with Crippen molar-refractivity contribution in [1.29, 1.82) is 0 Å². The second kappa shape index (κ2) is 3.67. The standard InChI is InChI=1S/C9H13NS/c1-3-7-5-4-6-8(10)9(7)11-2/h4-6H,3,10H2,1-2H3. The summed E-state index contributed by atoms with van der Waals surface area (Å²) >= 11 is 1.72. The van der Waals surface area contributed by atoms with Crippen LogP contribution in [0.15, 0.2) is 23.1 Å². The first-order valence-corrected chi connectivity index (χ1v) is 4.93. The van der Waals surface area contributed by atoms with Gasteiger partial charge in [-0.05, 0) is 24.3 Å². The number of hydrogen-bond acceptors (Lipinski definition) is 2. The fraction of sp³-hybridized carbons (Fsp3) is 0.333. The molecule has 0 aliphatic rings. The molecule has 1 nitrogen and oxygen atoms in total. The number of aryl methyl sites for hydroxylation is 1. The Kier molecular flexibility index (Phi) is 2.83. The summed E-state index contributed by atoms with van der Waals surface area (Å²) < 4.78 is 0. The van der Waals surface area contributed by atoms with Gasteiger partial charge < -0.3 is 5.73 Å². The Bertz CT molecular complexity index is 245. The Hall–Kier alpha value is -0.630. The lowest BCUT2D eigenvalue weighted by Crippen LogP contribution is -1.92. The van der Waals surface area contributed by atoms with Crippen LogP contribution in [0.3, 0.4) is 0 Å². The maximum atomic E-state index is 5.79. The van der Waals surface area contributed by atoms with Crippen LogP contribution in [-0.2, 0) is 6.42 Å². The van der Waals surface area contributed by atoms with Crippen LogP contribution >= 0.6 is 11.8 Å². The van der Waals surface area contributed by atoms with Gasteiger partial charge in [-0.25, -0.2) is 0 Å². The third kappa shape index (κ3) is 1.69. The van der Waals surface area contributed by atoms with Gasteiger partial charge in [0.25, 0.3) is 0 Å². The molecule has 0 aliphatic heterocycles. The molecule has 0 bridgehead atoms. The van der Waals surface area contributed by atoms with Crippen LogP contribution in [-0.4, -0.2) is 6.26 Å². The average molecular weight is 167 g/mol. The number of hydrogen-bond donors (Lipinski definition) is 1. The molecule has 0 unspecified atom stereocenters. The van der Waals surface area contributed by atoms with Crippen LogP contribution < -0.4 is 5.73 Å². The molecule has 0 heterocycles. The molecule has 0 saturated heterocycles. The van der Waals surface area contributed by atoms with Gasteiger partial charge >= 0.3 is 0 Å². The highest BCUT2D eigenvalue weighted by Gasteiger charge is 2.01. The van der Waals surface area contributed by atoms with Crippen LogP contribution in [0.2, 0.25) is 0 Å². The van der Waals surface area contributed by atoms with Gasteiger partial charge in [0, 0.05) is 10.6 Å². The fourth-order valence-electron chi connectivity index (χ4n) is 1.13. The van der Waals surface area contributed by atoms with Crippen LogP contribution in [0, 0.1) is 0 Å². The van der Waals surface area contributed by atoms with Crippen molar-refractivity contribution in [3.8, 4) is 0 Å². The molecule has 0 aliphatic carbocycles. The molecular weight excluding hydrogens is 154 g/mol. The van der Waals surface area contributed by atoms with Crippen LogP contribution in [0.5, 0.6) is 0 Å². The molecule has 2 N–H and O–H groups in total. The monoisotopic (exact) mass is 167 g/mol. The van der Waals surface area contributed by atoms with E-state index in [1.807, 2.05) is 12.1 Å². The number of rotatable bonds is 2. The smallest absolute Gasteiger partial charge is 0.0454 e. The van der Waals surface area contributed by atoms with E-state index in [1.54, 1.807) is 11.8 Å². The van der Waals surface area contributed by atoms with E-state index >= 15 is 0 Å². The van der Waals surface area contributed by atoms with Crippen LogP contribution in [0.4, 0.5) is 5.69 Å². The largest absolute Gasteiger partial charge is 0.398 e. The number of nitrogens with two attached hydrogens (primary N) is 1. The maximum Gasteiger partial charge on any atom is 0.0454 e. The van der Waals surface area contributed by atoms with E-state index in [0.717, 1.165) is 12.1 Å². The molecule has 60 valence electrons. The summed E-state index contributed by atoms with van der Waals surface area (Å²) in [5.74, 6) is 0. The third-order valence-corrected chi connectivity index (χ3v) is 2.62. The van der Waals surface area contributed by atoms with E-state index in [2.05, 4.69) is 19.2 Å². The molecule has 0 saturated carbocycles. The molecule has 1 aromatic carbocycles. The van der Waals surface area contributed by atoms with E-state index in [0.29, 0.717) is 0 Å². The SMILES string of the molecule is CCc1cccc(N)c1SC. The van der Waals surface area contributed by atoms with Gasteiger partial charge in [-0.1, -0.05) is 19.1 Å². The molecule has 11 heavy (non-hydrogen) atoms. The summed E-state index contributed by atoms with van der Waals surface area (Å²) in [6, 6.07) is 6.08. The molecule has 1 aromatic rings. The summed E-state index contributed by atoms with van der Waals surface area (Å²) in [6.45, 7) is 2.15. The Morgan fingerprint density at radius 1 is 1.45 bits per heavy atom. The topological polar surface area (TPSA) is 26.0 Å². The Morgan fingerprint density at radius 3 is 2.64 bits per heavy atom. The lowest BCUT2D eigenvalue weighted by Gasteiger charge is -2.06. The lowest BCUT2D eigenvalue weighted by atomic mass is 10.1. The van der Waals surface area contributed by atoms with E-state index in [9.17, 15) is 0 Å². The first kappa shape index (κ1) is 8.47. The first-order chi connectivity index (χ1) is 5.29. The van der Waals surface area contributed by atoms with Crippen molar-refractivity contribution in [3.63, 3.8) is 0 Å². The zero-order valence-electron chi connectivity index (χ0n) is 6.92. The molecule has 0 amide bonds. The molecule has 2 heteroatoms. The van der Waals surface area contributed by atoms with E-state index in [4.69, 9.17) is 5.73 Å². The van der Waals surface area contributed by atoms with Crippen molar-refractivity contribution in [2.45, 2.75) is 18.2 Å². The van der Waals surface area contributed by atoms with Crippen molar-refractivity contribution in [2.75, 3.05) is 12.0 Å². The molecule has 1 rings (SSSR count). The number of thioether (sulfide) groups is 1. The zero-order chi connectivity index (χ0) is 8.27. The van der Waals surface area contributed by atoms with E-state index in [1.165, 1.54) is 10.5 Å². The minimum absolute atomic E-state index is 0.900. The van der Waals surface area contributed by atoms with Gasteiger partial charge in [-0.15, -0.1) is 11.8 Å². The molecule has 0 aromatic heterocycles. The van der Waals surface area contributed by atoms with Crippen molar-refractivity contribution in [1.82, 2.24) is 0 Å². The normalized spacial score (nSPS) is 10.0. The molecule has 0 fully saturated rings. The summed E-state index contributed by atoms with van der Waals surface area (Å²) in [5, 5.41) is 0. The van der Waals surface area contributed by atoms with E-state index < -0.39 is 0 Å². The van der Waals surface area contributed by atoms with Gasteiger partial charge in [0.15, 0.2) is 0 Å². The summed E-state index contributed by atoms with van der Waals surface area (Å²) in [4.78, 5) is 1.23. The Balaban J connectivity index is 3.13. The van der Waals surface area contributed by atoms with Crippen molar-refractivity contribution >= 4 is 17.4 Å². The van der Waals surface area contributed by atoms with E-state index in [-0.39, 0.29) is 0 Å². The van der Waals surface area contributed by atoms with Gasteiger partial charge in [-0.2, -0.15) is 0 Å². The van der Waals surface area contributed by atoms with Gasteiger partial charge in [0.2, 0.25) is 0 Å². The number of benzene rings is 1. The molecular formula is C9H13NS. The number of nitrogen functional groups attached to an aromatic ring is 1. The summed E-state index contributed by atoms with van der Waals surface area (Å²) in [5.41, 5.74) is 8.03. The summed E-state index contributed by atoms with van der Waals surface area (Å²) in [7, 11) is 0. The average Bonchev–Trinajstić information content (AvgIpc) is 2.04. The van der Waals surface area contributed by atoms with Crippen molar-refractivity contribution in [2.24, 2.45) is 0 Å². The third-order valence-electron chi connectivity index (χ3n) is 1.71. The van der Waals surface area contributed by atoms with Crippen LogP contribution in [0.1, 0.15) is 12.5 Å². The predicted molar refractivity (Wildman–Crippen MR) is 52.0 cm³/mol. The quantitative estimate of drug-likeness (QED) is 0.541. The van der Waals surface area contributed by atoms with Gasteiger partial charge in [0.1, 0.15) is 0 Å². The highest BCUT2D eigenvalue weighted by molar-refractivity contribution is 7.98. The van der Waals surface area contributed by atoms with Gasteiger partial charge in [0.05, 0.1) is 0 Å².